The van der Waals surface area contributed by atoms with E-state index in [-0.39, 0.29) is 29.6 Å². The number of allylic oxidation sites excluding steroid dienone is 1. The molecule has 1 spiro atoms. The second-order valence-corrected chi connectivity index (χ2v) is 12.8. The zero-order valence-electron chi connectivity index (χ0n) is 23.0. The maximum absolute atomic E-state index is 14.6. The van der Waals surface area contributed by atoms with Crippen LogP contribution in [-0.2, 0) is 32.1 Å². The maximum atomic E-state index is 14.6. The highest BCUT2D eigenvalue weighted by Gasteiger charge is 2.71. The van der Waals surface area contributed by atoms with Gasteiger partial charge >= 0.3 is 5.97 Å². The first-order chi connectivity index (χ1) is 20.0. The Hall–Kier alpha value is -3.36. The third-order valence-electron chi connectivity index (χ3n) is 8.76. The fourth-order valence-electron chi connectivity index (χ4n) is 6.88. The Labute approximate surface area is 245 Å². The number of thioether (sulfide) groups is 1. The van der Waals surface area contributed by atoms with Crippen molar-refractivity contribution in [3.05, 3.63) is 96.1 Å². The third kappa shape index (κ3) is 5.12. The van der Waals surface area contributed by atoms with E-state index in [1.54, 1.807) is 21.6 Å². The number of hydrogen-bond donors (Lipinski definition) is 1. The van der Waals surface area contributed by atoms with E-state index in [4.69, 9.17) is 4.74 Å². The summed E-state index contributed by atoms with van der Waals surface area (Å²) in [7, 11) is 0. The molecule has 4 aliphatic heterocycles. The highest BCUT2D eigenvalue weighted by atomic mass is 32.2. The van der Waals surface area contributed by atoms with Gasteiger partial charge in [0.15, 0.2) is 0 Å². The molecule has 6 rings (SSSR count). The lowest BCUT2D eigenvalue weighted by molar-refractivity contribution is -0.153. The van der Waals surface area contributed by atoms with Gasteiger partial charge < -0.3 is 19.6 Å². The molecule has 2 amide bonds. The lowest BCUT2D eigenvalue weighted by Crippen LogP contribution is -2.56. The number of ether oxygens (including phenoxy) is 1. The number of benzene rings is 2. The molecule has 1 N–H and O–H groups in total. The van der Waals surface area contributed by atoms with E-state index in [0.29, 0.717) is 26.1 Å². The molecule has 8 heteroatoms. The number of esters is 1. The van der Waals surface area contributed by atoms with Crippen LogP contribution < -0.4 is 0 Å². The number of likely N-dealkylation sites (tertiary alicyclic amines) is 1. The van der Waals surface area contributed by atoms with E-state index in [0.717, 1.165) is 30.4 Å². The molecule has 214 valence electrons. The zero-order valence-corrected chi connectivity index (χ0v) is 23.8. The molecule has 2 fully saturated rings. The molecule has 0 aromatic heterocycles. The number of carbonyl (C=O) groups is 3. The van der Waals surface area contributed by atoms with Crippen LogP contribution in [-0.4, -0.2) is 74.5 Å². The maximum Gasteiger partial charge on any atom is 0.311 e. The molecule has 4 aliphatic rings. The van der Waals surface area contributed by atoms with Crippen molar-refractivity contribution in [2.45, 2.75) is 54.3 Å². The summed E-state index contributed by atoms with van der Waals surface area (Å²) >= 11 is 1.54. The van der Waals surface area contributed by atoms with Gasteiger partial charge in [0.2, 0.25) is 11.8 Å². The number of amides is 2. The van der Waals surface area contributed by atoms with Crippen molar-refractivity contribution in [3.63, 3.8) is 0 Å². The van der Waals surface area contributed by atoms with Crippen LogP contribution in [0.2, 0.25) is 0 Å². The van der Waals surface area contributed by atoms with Gasteiger partial charge in [0.1, 0.15) is 6.04 Å². The van der Waals surface area contributed by atoms with Crippen molar-refractivity contribution in [2.24, 2.45) is 11.8 Å². The number of cyclic esters (lactones) is 1. The molecule has 7 nitrogen and oxygen atoms in total. The van der Waals surface area contributed by atoms with Crippen LogP contribution in [0.3, 0.4) is 0 Å². The molecule has 0 radical (unpaired) electrons. The summed E-state index contributed by atoms with van der Waals surface area (Å²) < 4.78 is 4.77. The Bertz CT molecular complexity index is 1330. The SMILES string of the molecule is O=C1OCCCC/C=C\[C@@H]2S[C@]34C=CCN(Cc5ccccc5)C(=O)C3N([C@@H](CO)Cc3ccccc3)C(=O)[C@@H]4[C@H]12. The van der Waals surface area contributed by atoms with Gasteiger partial charge in [-0.1, -0.05) is 85.0 Å². The van der Waals surface area contributed by atoms with Gasteiger partial charge in [0, 0.05) is 18.3 Å². The Kier molecular flexibility index (Phi) is 8.04. The molecule has 0 aliphatic carbocycles. The number of aliphatic hydroxyl groups excluding tert-OH is 1. The quantitative estimate of drug-likeness (QED) is 0.419. The fourth-order valence-corrected chi connectivity index (χ4v) is 8.87. The predicted octanol–water partition coefficient (Wildman–Crippen LogP) is 3.77. The Balaban J connectivity index is 1.43. The zero-order chi connectivity index (χ0) is 28.4. The number of aliphatic hydroxyl groups is 1. The van der Waals surface area contributed by atoms with Crippen LogP contribution in [0, 0.1) is 11.8 Å². The van der Waals surface area contributed by atoms with Crippen molar-refractivity contribution in [1.82, 2.24) is 9.80 Å². The highest BCUT2D eigenvalue weighted by Crippen LogP contribution is 2.61. The van der Waals surface area contributed by atoms with E-state index >= 15 is 0 Å². The van der Waals surface area contributed by atoms with Crippen LogP contribution in [0.5, 0.6) is 0 Å². The van der Waals surface area contributed by atoms with E-state index < -0.39 is 28.7 Å². The van der Waals surface area contributed by atoms with Gasteiger partial charge in [0.25, 0.3) is 0 Å². The molecular weight excluding hydrogens is 536 g/mol. The summed E-state index contributed by atoms with van der Waals surface area (Å²) in [6.07, 6.45) is 11.1. The van der Waals surface area contributed by atoms with Crippen LogP contribution in [0.15, 0.2) is 85.0 Å². The minimum Gasteiger partial charge on any atom is -0.465 e. The molecular formula is C33H36N2O5S. The first-order valence-corrected chi connectivity index (χ1v) is 15.4. The molecule has 1 unspecified atom stereocenters. The number of nitrogens with zero attached hydrogens (tertiary/aromatic N) is 2. The Morgan fingerprint density at radius 2 is 1.68 bits per heavy atom. The normalized spacial score (nSPS) is 31.1. The van der Waals surface area contributed by atoms with Crippen molar-refractivity contribution in [3.8, 4) is 0 Å². The standard InChI is InChI=1S/C33H36N2O5S/c36-22-25(20-23-12-5-3-6-13-23)35-29-31(38)34(21-24-14-7-4-8-15-24)18-11-17-33(29)28(30(35)37)27-26(41-33)16-9-1-2-10-19-40-32(27)39/h3-9,11-17,25-29,36H,1-2,10,18-22H2/b16-9-/t25-,26+,27-,28+,29?,33+/m1/s1. The molecule has 0 bridgehead atoms. The monoisotopic (exact) mass is 572 g/mol. The summed E-state index contributed by atoms with van der Waals surface area (Å²) in [5.74, 6) is -2.26. The molecule has 0 saturated carbocycles. The summed E-state index contributed by atoms with van der Waals surface area (Å²) in [6.45, 7) is 0.845. The van der Waals surface area contributed by atoms with Crippen molar-refractivity contribution < 1.29 is 24.2 Å². The fraction of sp³-hybridized carbons (Fsp3) is 0.424. The smallest absolute Gasteiger partial charge is 0.311 e. The Morgan fingerprint density at radius 3 is 2.41 bits per heavy atom. The van der Waals surface area contributed by atoms with Gasteiger partial charge in [0.05, 0.1) is 35.8 Å². The number of rotatable bonds is 6. The van der Waals surface area contributed by atoms with Crippen molar-refractivity contribution in [1.29, 1.82) is 0 Å². The highest BCUT2D eigenvalue weighted by molar-refractivity contribution is 8.02. The van der Waals surface area contributed by atoms with E-state index in [1.807, 2.05) is 78.9 Å². The van der Waals surface area contributed by atoms with Gasteiger partial charge in [-0.05, 0) is 36.8 Å². The third-order valence-corrected chi connectivity index (χ3v) is 10.5. The minimum atomic E-state index is -0.948. The lowest BCUT2D eigenvalue weighted by atomic mass is 9.78. The minimum absolute atomic E-state index is 0.158. The van der Waals surface area contributed by atoms with Gasteiger partial charge in [-0.3, -0.25) is 14.4 Å². The molecule has 2 aromatic rings. The summed E-state index contributed by atoms with van der Waals surface area (Å²) in [5.41, 5.74) is 1.97. The van der Waals surface area contributed by atoms with Crippen LogP contribution >= 0.6 is 11.8 Å². The van der Waals surface area contributed by atoms with E-state index in [2.05, 4.69) is 6.08 Å². The molecule has 2 aromatic carbocycles. The predicted molar refractivity (Wildman–Crippen MR) is 158 cm³/mol. The lowest BCUT2D eigenvalue weighted by Gasteiger charge is -2.38. The topological polar surface area (TPSA) is 87.2 Å². The second-order valence-electron chi connectivity index (χ2n) is 11.3. The summed E-state index contributed by atoms with van der Waals surface area (Å²) in [5, 5.41) is 10.4. The molecule has 2 saturated heterocycles. The molecule has 6 atom stereocenters. The summed E-state index contributed by atoms with van der Waals surface area (Å²) in [6, 6.07) is 18.1. The first-order valence-electron chi connectivity index (χ1n) is 14.5. The molecule has 41 heavy (non-hydrogen) atoms. The average Bonchev–Trinajstić information content (AvgIpc) is 3.39. The first kappa shape index (κ1) is 27.8. The number of fused-ring (bicyclic) bond motifs is 2. The van der Waals surface area contributed by atoms with Crippen LogP contribution in [0.25, 0.3) is 0 Å². The van der Waals surface area contributed by atoms with Gasteiger partial charge in [-0.2, -0.15) is 0 Å². The second kappa shape index (κ2) is 11.9. The number of carbonyl (C=O) groups excluding carboxylic acids is 3. The largest absolute Gasteiger partial charge is 0.465 e. The van der Waals surface area contributed by atoms with Crippen molar-refractivity contribution in [2.75, 3.05) is 19.8 Å². The van der Waals surface area contributed by atoms with Crippen molar-refractivity contribution >= 4 is 29.5 Å². The average molecular weight is 573 g/mol. The van der Waals surface area contributed by atoms with E-state index in [1.165, 1.54) is 0 Å². The molecule has 4 heterocycles. The van der Waals surface area contributed by atoms with Crippen LogP contribution in [0.4, 0.5) is 0 Å². The van der Waals surface area contributed by atoms with Gasteiger partial charge in [-0.15, -0.1) is 11.8 Å². The van der Waals surface area contributed by atoms with E-state index in [9.17, 15) is 19.5 Å². The summed E-state index contributed by atoms with van der Waals surface area (Å²) in [4.78, 5) is 46.2. The van der Waals surface area contributed by atoms with Gasteiger partial charge in [-0.25, -0.2) is 0 Å². The number of hydrogen-bond acceptors (Lipinski definition) is 6. The Morgan fingerprint density at radius 1 is 0.951 bits per heavy atom. The van der Waals surface area contributed by atoms with Crippen LogP contribution in [0.1, 0.15) is 30.4 Å².